The zero-order chi connectivity index (χ0) is 21.9. The molecule has 1 saturated carbocycles. The van der Waals surface area contributed by atoms with Gasteiger partial charge in [0, 0.05) is 7.05 Å². The molecule has 168 valence electrons. The maximum atomic E-state index is 11.9. The molecule has 1 fully saturated rings. The highest BCUT2D eigenvalue weighted by Crippen LogP contribution is 2.26. The summed E-state index contributed by atoms with van der Waals surface area (Å²) < 4.78 is 11.3. The molecule has 1 aromatic rings. The van der Waals surface area contributed by atoms with Gasteiger partial charge in [0.05, 0.1) is 42.0 Å². The molecule has 1 amide bonds. The fraction of sp³-hybridized carbons (Fsp3) is 0.636. The molecule has 0 unspecified atom stereocenters. The number of nitrogens with one attached hydrogen (secondary N) is 1. The maximum Gasteiger partial charge on any atom is 0.407 e. The molecule has 1 aliphatic rings. The van der Waals surface area contributed by atoms with Crippen LogP contribution in [-0.4, -0.2) is 42.4 Å². The van der Waals surface area contributed by atoms with Crippen molar-refractivity contribution < 1.29 is 14.3 Å². The molecule has 0 bridgehead atoms. The van der Waals surface area contributed by atoms with Gasteiger partial charge in [-0.2, -0.15) is 0 Å². The Morgan fingerprint density at radius 1 is 1.27 bits per heavy atom. The van der Waals surface area contributed by atoms with Crippen LogP contribution < -0.4 is 21.6 Å². The van der Waals surface area contributed by atoms with Gasteiger partial charge >= 0.3 is 6.09 Å². The summed E-state index contributed by atoms with van der Waals surface area (Å²) in [5.41, 5.74) is 8.66. The van der Waals surface area contributed by atoms with Crippen molar-refractivity contribution in [3.8, 4) is 5.75 Å². The van der Waals surface area contributed by atoms with E-state index in [9.17, 15) is 4.79 Å². The number of likely N-dealkylation sites (N-methyl/N-ethyl adjacent to an activating group) is 1. The number of aromatic nitrogens is 1. The highest BCUT2D eigenvalue weighted by molar-refractivity contribution is 5.69. The minimum atomic E-state index is -0.487. The number of carbonyl (C=O) groups excluding carboxylic acids is 1. The number of hydrazine groups is 1. The lowest BCUT2D eigenvalue weighted by molar-refractivity contribution is 0.144. The van der Waals surface area contributed by atoms with Gasteiger partial charge in [0.15, 0.2) is 0 Å². The Labute approximate surface area is 180 Å². The van der Waals surface area contributed by atoms with Crippen LogP contribution in [0.1, 0.15) is 69.7 Å². The number of rotatable bonds is 10. The van der Waals surface area contributed by atoms with Gasteiger partial charge in [0.25, 0.3) is 0 Å². The third-order valence-corrected chi connectivity index (χ3v) is 5.28. The SMILES string of the molecule is CCCCCOC(=O)NC/C(=C(/N)c1ccc(OC2CCCCC2)c(C)n1)N(C)N. The standard InChI is InChI=1S/C22H37N5O3/c1-4-5-9-14-29-22(28)25-15-19(27(3)24)21(23)18-12-13-20(16(2)26-18)30-17-10-7-6-8-11-17/h12-13,17H,4-11,14-15,23-24H2,1-3H3,(H,25,28)/b21-19-. The predicted molar refractivity (Wildman–Crippen MR) is 118 cm³/mol. The maximum absolute atomic E-state index is 11.9. The lowest BCUT2D eigenvalue weighted by Gasteiger charge is -2.24. The average Bonchev–Trinajstić information content (AvgIpc) is 2.73. The van der Waals surface area contributed by atoms with E-state index < -0.39 is 6.09 Å². The lowest BCUT2D eigenvalue weighted by Crippen LogP contribution is -2.36. The molecule has 0 atom stereocenters. The van der Waals surface area contributed by atoms with Crippen molar-refractivity contribution in [1.29, 1.82) is 0 Å². The van der Waals surface area contributed by atoms with E-state index in [0.717, 1.165) is 43.5 Å². The van der Waals surface area contributed by atoms with E-state index in [1.165, 1.54) is 24.3 Å². The lowest BCUT2D eigenvalue weighted by atomic mass is 9.98. The minimum Gasteiger partial charge on any atom is -0.489 e. The van der Waals surface area contributed by atoms with Crippen LogP contribution in [-0.2, 0) is 4.74 Å². The normalized spacial score (nSPS) is 15.3. The summed E-state index contributed by atoms with van der Waals surface area (Å²) in [7, 11) is 1.67. The fourth-order valence-corrected chi connectivity index (χ4v) is 3.47. The first-order chi connectivity index (χ1) is 14.4. The van der Waals surface area contributed by atoms with E-state index in [-0.39, 0.29) is 12.6 Å². The number of nitrogens with two attached hydrogens (primary N) is 2. The molecular weight excluding hydrogens is 382 g/mol. The molecule has 8 nitrogen and oxygen atoms in total. The molecule has 30 heavy (non-hydrogen) atoms. The number of nitrogens with zero attached hydrogens (tertiary/aromatic N) is 2. The van der Waals surface area contributed by atoms with Crippen molar-refractivity contribution in [2.75, 3.05) is 20.2 Å². The van der Waals surface area contributed by atoms with E-state index in [4.69, 9.17) is 21.1 Å². The summed E-state index contributed by atoms with van der Waals surface area (Å²) in [6.45, 7) is 4.55. The second-order valence-electron chi connectivity index (χ2n) is 7.83. The van der Waals surface area contributed by atoms with Gasteiger partial charge < -0.3 is 25.5 Å². The van der Waals surface area contributed by atoms with Crippen LogP contribution in [0.3, 0.4) is 0 Å². The van der Waals surface area contributed by atoms with Crippen molar-refractivity contribution in [3.05, 3.63) is 29.2 Å². The summed E-state index contributed by atoms with van der Waals surface area (Å²) in [5.74, 6) is 6.73. The van der Waals surface area contributed by atoms with Gasteiger partial charge in [-0.3, -0.25) is 0 Å². The molecule has 0 saturated heterocycles. The smallest absolute Gasteiger partial charge is 0.407 e. The second-order valence-corrected chi connectivity index (χ2v) is 7.83. The third-order valence-electron chi connectivity index (χ3n) is 5.28. The number of hydrogen-bond acceptors (Lipinski definition) is 7. The summed E-state index contributed by atoms with van der Waals surface area (Å²) in [6, 6.07) is 3.73. The number of unbranched alkanes of at least 4 members (excludes halogenated alkanes) is 2. The quantitative estimate of drug-likeness (QED) is 0.302. The van der Waals surface area contributed by atoms with Crippen LogP contribution in [0.4, 0.5) is 4.79 Å². The Bertz CT molecular complexity index is 715. The Morgan fingerprint density at radius 2 is 2.00 bits per heavy atom. The predicted octanol–water partition coefficient (Wildman–Crippen LogP) is 3.45. The zero-order valence-electron chi connectivity index (χ0n) is 18.6. The van der Waals surface area contributed by atoms with Crippen molar-refractivity contribution in [2.45, 2.75) is 71.3 Å². The minimum absolute atomic E-state index is 0.145. The van der Waals surface area contributed by atoms with Crippen LogP contribution in [0.25, 0.3) is 5.70 Å². The topological polar surface area (TPSA) is 116 Å². The van der Waals surface area contributed by atoms with Crippen molar-refractivity contribution in [3.63, 3.8) is 0 Å². The number of ether oxygens (including phenoxy) is 2. The Hall–Kier alpha value is -2.48. The largest absolute Gasteiger partial charge is 0.489 e. The molecule has 1 aromatic heterocycles. The van der Waals surface area contributed by atoms with E-state index in [1.54, 1.807) is 7.05 Å². The van der Waals surface area contributed by atoms with E-state index in [0.29, 0.717) is 23.7 Å². The van der Waals surface area contributed by atoms with E-state index in [2.05, 4.69) is 17.2 Å². The monoisotopic (exact) mass is 419 g/mol. The number of carbonyl (C=O) groups is 1. The molecule has 0 spiro atoms. The summed E-state index contributed by atoms with van der Waals surface area (Å²) in [6.07, 6.45) is 8.62. The molecular formula is C22H37N5O3. The number of amides is 1. The number of aryl methyl sites for hydroxylation is 1. The number of alkyl carbamates (subject to hydrolysis) is 1. The Morgan fingerprint density at radius 3 is 2.63 bits per heavy atom. The molecule has 0 aromatic carbocycles. The van der Waals surface area contributed by atoms with Crippen LogP contribution in [0, 0.1) is 6.92 Å². The van der Waals surface area contributed by atoms with Crippen molar-refractivity contribution in [1.82, 2.24) is 15.3 Å². The van der Waals surface area contributed by atoms with Gasteiger partial charge in [0.2, 0.25) is 0 Å². The average molecular weight is 420 g/mol. The zero-order valence-corrected chi connectivity index (χ0v) is 18.6. The van der Waals surface area contributed by atoms with Gasteiger partial charge in [-0.05, 0) is 51.2 Å². The first kappa shape index (κ1) is 23.8. The fourth-order valence-electron chi connectivity index (χ4n) is 3.47. The highest BCUT2D eigenvalue weighted by atomic mass is 16.5. The Balaban J connectivity index is 2.02. The van der Waals surface area contributed by atoms with Gasteiger partial charge in [-0.25, -0.2) is 15.6 Å². The highest BCUT2D eigenvalue weighted by Gasteiger charge is 2.18. The third kappa shape index (κ3) is 7.40. The molecule has 1 aliphatic carbocycles. The first-order valence-electron chi connectivity index (χ1n) is 10.9. The number of hydrogen-bond donors (Lipinski definition) is 3. The second kappa shape index (κ2) is 12.3. The van der Waals surface area contributed by atoms with E-state index in [1.807, 2.05) is 19.1 Å². The molecule has 5 N–H and O–H groups in total. The molecule has 2 rings (SSSR count). The molecule has 0 aliphatic heterocycles. The van der Waals surface area contributed by atoms with Crippen LogP contribution >= 0.6 is 0 Å². The van der Waals surface area contributed by atoms with Gasteiger partial charge in [-0.15, -0.1) is 0 Å². The summed E-state index contributed by atoms with van der Waals surface area (Å²) in [5, 5.41) is 4.08. The van der Waals surface area contributed by atoms with Crippen LogP contribution in [0.15, 0.2) is 17.8 Å². The van der Waals surface area contributed by atoms with E-state index >= 15 is 0 Å². The van der Waals surface area contributed by atoms with Gasteiger partial charge in [-0.1, -0.05) is 26.2 Å². The first-order valence-corrected chi connectivity index (χ1v) is 10.9. The summed E-state index contributed by atoms with van der Waals surface area (Å²) in [4.78, 5) is 16.5. The molecule has 1 heterocycles. The van der Waals surface area contributed by atoms with Crippen molar-refractivity contribution >= 4 is 11.8 Å². The van der Waals surface area contributed by atoms with Gasteiger partial charge in [0.1, 0.15) is 5.75 Å². The Kier molecular flexibility index (Phi) is 9.73. The van der Waals surface area contributed by atoms with Crippen LogP contribution in [0.5, 0.6) is 5.75 Å². The molecule has 8 heteroatoms. The van der Waals surface area contributed by atoms with Crippen LogP contribution in [0.2, 0.25) is 0 Å². The number of pyridine rings is 1. The van der Waals surface area contributed by atoms with Crippen molar-refractivity contribution in [2.24, 2.45) is 11.6 Å². The summed E-state index contributed by atoms with van der Waals surface area (Å²) >= 11 is 0. The molecule has 0 radical (unpaired) electrons.